The second-order valence-electron chi connectivity index (χ2n) is 5.33. The molecule has 1 aromatic carbocycles. The first-order valence-corrected chi connectivity index (χ1v) is 7.02. The van der Waals surface area contributed by atoms with Gasteiger partial charge >= 0.3 is 12.4 Å². The van der Waals surface area contributed by atoms with Gasteiger partial charge in [0.1, 0.15) is 5.69 Å². The van der Waals surface area contributed by atoms with E-state index in [1.165, 1.54) is 24.3 Å². The summed E-state index contributed by atoms with van der Waals surface area (Å²) in [7, 11) is 0. The molecular formula is C16H14F6N2. The molecule has 0 bridgehead atoms. The summed E-state index contributed by atoms with van der Waals surface area (Å²) in [5.74, 6) is 0. The first-order chi connectivity index (χ1) is 11.1. The Labute approximate surface area is 134 Å². The van der Waals surface area contributed by atoms with Crippen LogP contribution in [0.2, 0.25) is 0 Å². The average molecular weight is 348 g/mol. The van der Waals surface area contributed by atoms with E-state index in [2.05, 4.69) is 10.3 Å². The third-order valence-electron chi connectivity index (χ3n) is 3.31. The largest absolute Gasteiger partial charge is 0.433 e. The SMILES string of the molecule is CC(Cc1ccccc1C(F)(F)F)Nc1ccnc(C(F)(F)F)c1. The van der Waals surface area contributed by atoms with Crippen molar-refractivity contribution in [2.75, 3.05) is 5.32 Å². The molecule has 0 spiro atoms. The number of alkyl halides is 6. The lowest BCUT2D eigenvalue weighted by Gasteiger charge is -2.19. The molecule has 130 valence electrons. The van der Waals surface area contributed by atoms with Gasteiger partial charge in [0.2, 0.25) is 0 Å². The molecule has 1 heterocycles. The Bertz CT molecular complexity index is 693. The predicted octanol–water partition coefficient (Wildman–Crippen LogP) is 5.16. The molecule has 2 aromatic rings. The molecule has 1 aromatic heterocycles. The Kier molecular flexibility index (Phi) is 5.05. The number of aromatic nitrogens is 1. The summed E-state index contributed by atoms with van der Waals surface area (Å²) in [6.07, 6.45) is -8.04. The molecule has 1 N–H and O–H groups in total. The molecule has 1 atom stereocenters. The molecule has 2 nitrogen and oxygen atoms in total. The fourth-order valence-electron chi connectivity index (χ4n) is 2.32. The topological polar surface area (TPSA) is 24.9 Å². The van der Waals surface area contributed by atoms with Gasteiger partial charge in [0.25, 0.3) is 0 Å². The lowest BCUT2D eigenvalue weighted by atomic mass is 10.0. The molecule has 0 aliphatic heterocycles. The van der Waals surface area contributed by atoms with E-state index >= 15 is 0 Å². The summed E-state index contributed by atoms with van der Waals surface area (Å²) in [5.41, 5.74) is -1.58. The van der Waals surface area contributed by atoms with E-state index in [4.69, 9.17) is 0 Å². The van der Waals surface area contributed by atoms with Crippen LogP contribution in [0, 0.1) is 0 Å². The molecule has 0 amide bonds. The molecule has 0 saturated carbocycles. The molecule has 0 saturated heterocycles. The van der Waals surface area contributed by atoms with Gasteiger partial charge in [-0.1, -0.05) is 18.2 Å². The third kappa shape index (κ3) is 4.62. The minimum Gasteiger partial charge on any atom is -0.382 e. The smallest absolute Gasteiger partial charge is 0.382 e. The number of nitrogens with zero attached hydrogens (tertiary/aromatic N) is 1. The molecule has 0 aliphatic rings. The van der Waals surface area contributed by atoms with Gasteiger partial charge in [-0.05, 0) is 37.1 Å². The maximum atomic E-state index is 13.0. The summed E-state index contributed by atoms with van der Waals surface area (Å²) in [6.45, 7) is 1.60. The highest BCUT2D eigenvalue weighted by Gasteiger charge is 2.34. The second-order valence-corrected chi connectivity index (χ2v) is 5.33. The van der Waals surface area contributed by atoms with Crippen LogP contribution in [0.4, 0.5) is 32.0 Å². The van der Waals surface area contributed by atoms with Gasteiger partial charge in [-0.25, -0.2) is 0 Å². The summed E-state index contributed by atoms with van der Waals surface area (Å²) >= 11 is 0. The number of nitrogens with one attached hydrogen (secondary N) is 1. The highest BCUT2D eigenvalue weighted by Crippen LogP contribution is 2.33. The van der Waals surface area contributed by atoms with Crippen molar-refractivity contribution in [2.45, 2.75) is 31.7 Å². The number of hydrogen-bond donors (Lipinski definition) is 1. The molecule has 0 radical (unpaired) electrons. The van der Waals surface area contributed by atoms with Crippen molar-refractivity contribution >= 4 is 5.69 Å². The zero-order chi connectivity index (χ0) is 18.0. The Hall–Kier alpha value is -2.25. The Balaban J connectivity index is 2.14. The van der Waals surface area contributed by atoms with Gasteiger partial charge in [0.05, 0.1) is 5.56 Å². The van der Waals surface area contributed by atoms with Gasteiger partial charge in [-0.3, -0.25) is 4.98 Å². The van der Waals surface area contributed by atoms with Crippen molar-refractivity contribution in [3.63, 3.8) is 0 Å². The van der Waals surface area contributed by atoms with Gasteiger partial charge in [-0.15, -0.1) is 0 Å². The van der Waals surface area contributed by atoms with Crippen LogP contribution < -0.4 is 5.32 Å². The number of pyridine rings is 1. The lowest BCUT2D eigenvalue weighted by molar-refractivity contribution is -0.141. The molecule has 1 unspecified atom stereocenters. The third-order valence-corrected chi connectivity index (χ3v) is 3.31. The van der Waals surface area contributed by atoms with Crippen LogP contribution >= 0.6 is 0 Å². The molecule has 2 rings (SSSR count). The maximum Gasteiger partial charge on any atom is 0.433 e. The minimum absolute atomic E-state index is 0.0133. The zero-order valence-corrected chi connectivity index (χ0v) is 12.5. The number of hydrogen-bond acceptors (Lipinski definition) is 2. The number of rotatable bonds is 4. The standard InChI is InChI=1S/C16H14F6N2/c1-10(8-11-4-2-3-5-13(11)15(17,18)19)24-12-6-7-23-14(9-12)16(20,21)22/h2-7,9-10H,8H2,1H3,(H,23,24). The van der Waals surface area contributed by atoms with Crippen molar-refractivity contribution in [3.8, 4) is 0 Å². The van der Waals surface area contributed by atoms with Crippen molar-refractivity contribution in [2.24, 2.45) is 0 Å². The lowest BCUT2D eigenvalue weighted by Crippen LogP contribution is -2.21. The van der Waals surface area contributed by atoms with Crippen LogP contribution in [0.15, 0.2) is 42.6 Å². The van der Waals surface area contributed by atoms with E-state index in [9.17, 15) is 26.3 Å². The fraction of sp³-hybridized carbons (Fsp3) is 0.312. The highest BCUT2D eigenvalue weighted by atomic mass is 19.4. The zero-order valence-electron chi connectivity index (χ0n) is 12.5. The second kappa shape index (κ2) is 6.70. The van der Waals surface area contributed by atoms with Crippen LogP contribution in [0.5, 0.6) is 0 Å². The van der Waals surface area contributed by atoms with Gasteiger partial charge in [0.15, 0.2) is 0 Å². The van der Waals surface area contributed by atoms with Gasteiger partial charge in [0, 0.05) is 17.9 Å². The fourth-order valence-corrected chi connectivity index (χ4v) is 2.32. The first kappa shape index (κ1) is 18.1. The van der Waals surface area contributed by atoms with Crippen molar-refractivity contribution in [3.05, 3.63) is 59.4 Å². The van der Waals surface area contributed by atoms with Crippen molar-refractivity contribution < 1.29 is 26.3 Å². The summed E-state index contributed by atoms with van der Waals surface area (Å²) in [4.78, 5) is 3.23. The number of benzene rings is 1. The van der Waals surface area contributed by atoms with Crippen molar-refractivity contribution in [1.82, 2.24) is 4.98 Å². The maximum absolute atomic E-state index is 13.0. The first-order valence-electron chi connectivity index (χ1n) is 7.02. The van der Waals surface area contributed by atoms with E-state index in [0.717, 1.165) is 18.3 Å². The van der Waals surface area contributed by atoms with E-state index in [-0.39, 0.29) is 17.7 Å². The Morgan fingerprint density at radius 2 is 1.67 bits per heavy atom. The van der Waals surface area contributed by atoms with Crippen LogP contribution in [0.3, 0.4) is 0 Å². The van der Waals surface area contributed by atoms with E-state index in [1.807, 2.05) is 0 Å². The van der Waals surface area contributed by atoms with Crippen LogP contribution in [0.25, 0.3) is 0 Å². The number of halogens is 6. The van der Waals surface area contributed by atoms with E-state index in [1.54, 1.807) is 6.92 Å². The normalized spacial score (nSPS) is 13.6. The minimum atomic E-state index is -4.58. The summed E-state index contributed by atoms with van der Waals surface area (Å²) in [5, 5.41) is 2.77. The summed E-state index contributed by atoms with van der Waals surface area (Å²) in [6, 6.07) is 6.78. The van der Waals surface area contributed by atoms with Crippen LogP contribution in [-0.2, 0) is 18.8 Å². The van der Waals surface area contributed by atoms with Gasteiger partial charge in [-0.2, -0.15) is 26.3 Å². The molecule has 24 heavy (non-hydrogen) atoms. The quantitative estimate of drug-likeness (QED) is 0.772. The van der Waals surface area contributed by atoms with Crippen LogP contribution in [-0.4, -0.2) is 11.0 Å². The molecule has 8 heteroatoms. The highest BCUT2D eigenvalue weighted by molar-refractivity contribution is 5.45. The van der Waals surface area contributed by atoms with Gasteiger partial charge < -0.3 is 5.32 Å². The van der Waals surface area contributed by atoms with E-state index < -0.39 is 29.7 Å². The van der Waals surface area contributed by atoms with Crippen LogP contribution in [0.1, 0.15) is 23.7 Å². The molecule has 0 fully saturated rings. The van der Waals surface area contributed by atoms with E-state index in [0.29, 0.717) is 0 Å². The molecular weight excluding hydrogens is 334 g/mol. The Morgan fingerprint density at radius 1 is 1.00 bits per heavy atom. The summed E-state index contributed by atoms with van der Waals surface area (Å²) < 4.78 is 76.7. The van der Waals surface area contributed by atoms with Crippen molar-refractivity contribution in [1.29, 1.82) is 0 Å². The monoisotopic (exact) mass is 348 g/mol. The molecule has 0 aliphatic carbocycles. The average Bonchev–Trinajstić information content (AvgIpc) is 2.46. The number of anilines is 1. The Morgan fingerprint density at radius 3 is 2.29 bits per heavy atom. The predicted molar refractivity (Wildman–Crippen MR) is 77.5 cm³/mol.